The van der Waals surface area contributed by atoms with E-state index in [0.717, 1.165) is 25.3 Å². The van der Waals surface area contributed by atoms with E-state index in [-0.39, 0.29) is 0 Å². The molecule has 1 N–H and O–H groups in total. The lowest BCUT2D eigenvalue weighted by atomic mass is 9.86. The summed E-state index contributed by atoms with van der Waals surface area (Å²) < 4.78 is 3.46. The van der Waals surface area contributed by atoms with Crippen molar-refractivity contribution < 1.29 is 0 Å². The van der Waals surface area contributed by atoms with E-state index in [1.54, 1.807) is 0 Å². The largest absolute Gasteiger partial charge is 0.369 e. The topological polar surface area (TPSA) is 29.9 Å². The zero-order valence-electron chi connectivity index (χ0n) is 12.7. The first-order valence-electron chi connectivity index (χ1n) is 8.21. The highest BCUT2D eigenvalue weighted by Gasteiger charge is 2.30. The molecule has 20 heavy (non-hydrogen) atoms. The molecule has 0 bridgehead atoms. The predicted octanol–water partition coefficient (Wildman–Crippen LogP) is 4.78. The Morgan fingerprint density at radius 2 is 2.05 bits per heavy atom. The first kappa shape index (κ1) is 14.4. The Balaban J connectivity index is 1.82. The molecule has 2 aliphatic rings. The van der Waals surface area contributed by atoms with E-state index >= 15 is 0 Å². The second-order valence-corrected chi connectivity index (χ2v) is 7.39. The average Bonchev–Trinajstić information content (AvgIpc) is 2.77. The number of fused-ring (bicyclic) bond motifs is 1. The number of aromatic nitrogens is 2. The van der Waals surface area contributed by atoms with Crippen molar-refractivity contribution in [3.63, 3.8) is 0 Å². The summed E-state index contributed by atoms with van der Waals surface area (Å²) in [5.41, 5.74) is 1.27. The zero-order chi connectivity index (χ0) is 14.1. The third-order valence-electron chi connectivity index (χ3n) is 5.11. The van der Waals surface area contributed by atoms with Gasteiger partial charge in [0.05, 0.1) is 16.2 Å². The summed E-state index contributed by atoms with van der Waals surface area (Å²) in [6.07, 6.45) is 9.31. The Labute approximate surface area is 130 Å². The van der Waals surface area contributed by atoms with E-state index in [1.807, 2.05) is 0 Å². The molecule has 1 aromatic rings. The average molecular weight is 340 g/mol. The van der Waals surface area contributed by atoms with E-state index < -0.39 is 0 Å². The molecule has 2 unspecified atom stereocenters. The second kappa shape index (κ2) is 6.08. The van der Waals surface area contributed by atoms with Crippen molar-refractivity contribution in [3.8, 4) is 0 Å². The zero-order valence-corrected chi connectivity index (χ0v) is 14.2. The molecular formula is C16H26BrN3. The number of nitrogens with zero attached hydrogens (tertiary/aromatic N) is 2. The molecule has 1 aromatic heterocycles. The lowest BCUT2D eigenvalue weighted by Gasteiger charge is -2.30. The number of nitrogens with one attached hydrogen (secondary N) is 1. The van der Waals surface area contributed by atoms with Crippen LogP contribution in [0.2, 0.25) is 0 Å². The lowest BCUT2D eigenvalue weighted by molar-refractivity contribution is 0.308. The molecule has 3 nitrogen and oxygen atoms in total. The number of halogens is 1. The summed E-state index contributed by atoms with van der Waals surface area (Å²) in [4.78, 5) is 0. The smallest absolute Gasteiger partial charge is 0.139 e. The first-order valence-corrected chi connectivity index (χ1v) is 9.00. The minimum Gasteiger partial charge on any atom is -0.369 e. The summed E-state index contributed by atoms with van der Waals surface area (Å²) >= 11 is 3.79. The van der Waals surface area contributed by atoms with Gasteiger partial charge >= 0.3 is 0 Å². The predicted molar refractivity (Wildman–Crippen MR) is 87.2 cm³/mol. The summed E-state index contributed by atoms with van der Waals surface area (Å²) in [6, 6.07) is 0.544. The van der Waals surface area contributed by atoms with Crippen LogP contribution in [0.5, 0.6) is 0 Å². The van der Waals surface area contributed by atoms with Crippen LogP contribution in [0.4, 0.5) is 5.82 Å². The Morgan fingerprint density at radius 3 is 2.75 bits per heavy atom. The van der Waals surface area contributed by atoms with Crippen molar-refractivity contribution in [3.05, 3.63) is 10.2 Å². The number of rotatable bonds is 3. The Kier molecular flexibility index (Phi) is 4.39. The minimum atomic E-state index is 0.544. The summed E-state index contributed by atoms with van der Waals surface area (Å²) in [5, 5.41) is 8.51. The van der Waals surface area contributed by atoms with Gasteiger partial charge in [0.25, 0.3) is 0 Å². The van der Waals surface area contributed by atoms with E-state index in [2.05, 4.69) is 39.8 Å². The van der Waals surface area contributed by atoms with Crippen LogP contribution in [0.1, 0.15) is 64.1 Å². The van der Waals surface area contributed by atoms with Crippen LogP contribution in [0.25, 0.3) is 0 Å². The fourth-order valence-electron chi connectivity index (χ4n) is 3.86. The van der Waals surface area contributed by atoms with Gasteiger partial charge in [-0.25, -0.2) is 4.68 Å². The van der Waals surface area contributed by atoms with Crippen molar-refractivity contribution in [2.75, 3.05) is 11.9 Å². The van der Waals surface area contributed by atoms with Crippen LogP contribution < -0.4 is 5.32 Å². The molecule has 0 amide bonds. The standard InChI is InChI=1S/C16H26BrN3/c1-3-14-11(2)10-18-16-15(17)13(19-20(14)16)9-12-7-5-4-6-8-12/h11-12,14,18H,3-10H2,1-2H3. The maximum atomic E-state index is 4.95. The van der Waals surface area contributed by atoms with E-state index in [0.29, 0.717) is 12.0 Å². The van der Waals surface area contributed by atoms with Gasteiger partial charge in [-0.2, -0.15) is 5.10 Å². The lowest BCUT2D eigenvalue weighted by Crippen LogP contribution is -2.31. The quantitative estimate of drug-likeness (QED) is 0.858. The van der Waals surface area contributed by atoms with E-state index in [9.17, 15) is 0 Å². The molecular weight excluding hydrogens is 314 g/mol. The van der Waals surface area contributed by atoms with Gasteiger partial charge in [0.1, 0.15) is 5.82 Å². The second-order valence-electron chi connectivity index (χ2n) is 6.60. The number of anilines is 1. The van der Waals surface area contributed by atoms with Gasteiger partial charge in [0.2, 0.25) is 0 Å². The van der Waals surface area contributed by atoms with Crippen LogP contribution in [0, 0.1) is 11.8 Å². The molecule has 3 rings (SSSR count). The molecule has 0 radical (unpaired) electrons. The normalized spacial score (nSPS) is 27.1. The Morgan fingerprint density at radius 1 is 1.30 bits per heavy atom. The third kappa shape index (κ3) is 2.63. The third-order valence-corrected chi connectivity index (χ3v) is 5.94. The number of hydrogen-bond donors (Lipinski definition) is 1. The molecule has 1 aliphatic heterocycles. The minimum absolute atomic E-state index is 0.544. The van der Waals surface area contributed by atoms with Crippen molar-refractivity contribution in [1.82, 2.24) is 9.78 Å². The van der Waals surface area contributed by atoms with Crippen molar-refractivity contribution in [2.45, 2.75) is 64.8 Å². The van der Waals surface area contributed by atoms with E-state index in [1.165, 1.54) is 48.1 Å². The van der Waals surface area contributed by atoms with Crippen LogP contribution in [0.15, 0.2) is 4.47 Å². The van der Waals surface area contributed by atoms with Crippen molar-refractivity contribution in [1.29, 1.82) is 0 Å². The van der Waals surface area contributed by atoms with Gasteiger partial charge in [0, 0.05) is 6.54 Å². The van der Waals surface area contributed by atoms with E-state index in [4.69, 9.17) is 5.10 Å². The van der Waals surface area contributed by atoms with Crippen LogP contribution in [0.3, 0.4) is 0 Å². The van der Waals surface area contributed by atoms with Crippen LogP contribution in [-0.4, -0.2) is 16.3 Å². The molecule has 1 aliphatic carbocycles. The summed E-state index contributed by atoms with van der Waals surface area (Å²) in [6.45, 7) is 5.65. The van der Waals surface area contributed by atoms with Gasteiger partial charge in [-0.1, -0.05) is 46.0 Å². The Bertz CT molecular complexity index is 463. The maximum absolute atomic E-state index is 4.95. The SMILES string of the molecule is CCC1C(C)CNc2c(Br)c(CC3CCCCC3)nn21. The van der Waals surface area contributed by atoms with Gasteiger partial charge in [-0.05, 0) is 40.6 Å². The summed E-state index contributed by atoms with van der Waals surface area (Å²) in [7, 11) is 0. The van der Waals surface area contributed by atoms with Crippen LogP contribution in [-0.2, 0) is 6.42 Å². The monoisotopic (exact) mass is 339 g/mol. The van der Waals surface area contributed by atoms with Crippen molar-refractivity contribution in [2.24, 2.45) is 11.8 Å². The molecule has 0 spiro atoms. The van der Waals surface area contributed by atoms with Crippen molar-refractivity contribution >= 4 is 21.7 Å². The molecule has 112 valence electrons. The fourth-order valence-corrected chi connectivity index (χ4v) is 4.43. The number of hydrogen-bond acceptors (Lipinski definition) is 2. The fraction of sp³-hybridized carbons (Fsp3) is 0.812. The summed E-state index contributed by atoms with van der Waals surface area (Å²) in [5.74, 6) is 2.71. The highest BCUT2D eigenvalue weighted by molar-refractivity contribution is 9.10. The van der Waals surface area contributed by atoms with Crippen LogP contribution >= 0.6 is 15.9 Å². The molecule has 4 heteroatoms. The molecule has 1 fully saturated rings. The van der Waals surface area contributed by atoms with Gasteiger partial charge in [-0.15, -0.1) is 0 Å². The molecule has 1 saturated carbocycles. The highest BCUT2D eigenvalue weighted by Crippen LogP contribution is 2.38. The molecule has 0 aromatic carbocycles. The first-order chi connectivity index (χ1) is 9.70. The highest BCUT2D eigenvalue weighted by atomic mass is 79.9. The molecule has 2 atom stereocenters. The Hall–Kier alpha value is -0.510. The maximum Gasteiger partial charge on any atom is 0.139 e. The molecule has 2 heterocycles. The molecule has 0 saturated heterocycles. The van der Waals surface area contributed by atoms with Gasteiger partial charge in [-0.3, -0.25) is 0 Å². The van der Waals surface area contributed by atoms with Gasteiger partial charge < -0.3 is 5.32 Å². The van der Waals surface area contributed by atoms with Gasteiger partial charge in [0.15, 0.2) is 0 Å².